The molecule has 0 radical (unpaired) electrons. The highest BCUT2D eigenvalue weighted by molar-refractivity contribution is 5.32. The first kappa shape index (κ1) is 13.7. The Morgan fingerprint density at radius 1 is 1.24 bits per heavy atom. The first-order valence-electron chi connectivity index (χ1n) is 5.97. The molecule has 0 saturated carbocycles. The van der Waals surface area contributed by atoms with Crippen LogP contribution in [0.1, 0.15) is 44.4 Å². The second-order valence-corrected chi connectivity index (χ2v) is 4.61. The van der Waals surface area contributed by atoms with Gasteiger partial charge in [-0.3, -0.25) is 0 Å². The molecule has 3 heteroatoms. The van der Waals surface area contributed by atoms with Crippen molar-refractivity contribution in [1.29, 1.82) is 5.26 Å². The van der Waals surface area contributed by atoms with Gasteiger partial charge in [0.15, 0.2) is 0 Å². The molecular formula is C14H20N2O. The maximum Gasteiger partial charge on any atom is 0.0991 e. The molecule has 0 saturated heterocycles. The normalized spacial score (nSPS) is 15.9. The maximum absolute atomic E-state index is 9.30. The Hall–Kier alpha value is -1.37. The van der Waals surface area contributed by atoms with Gasteiger partial charge in [0, 0.05) is 12.1 Å². The number of aliphatic hydroxyl groups excluding tert-OH is 1. The average Bonchev–Trinajstić information content (AvgIpc) is 2.28. The predicted molar refractivity (Wildman–Crippen MR) is 68.5 cm³/mol. The molecule has 0 bridgehead atoms. The third kappa shape index (κ3) is 4.56. The summed E-state index contributed by atoms with van der Waals surface area (Å²) in [4.78, 5) is 0. The summed E-state index contributed by atoms with van der Waals surface area (Å²) < 4.78 is 0. The van der Waals surface area contributed by atoms with E-state index in [9.17, 15) is 5.11 Å². The molecule has 17 heavy (non-hydrogen) atoms. The number of nitriles is 1. The van der Waals surface area contributed by atoms with Gasteiger partial charge in [-0.1, -0.05) is 12.1 Å². The Morgan fingerprint density at radius 3 is 2.29 bits per heavy atom. The van der Waals surface area contributed by atoms with Crippen molar-refractivity contribution in [1.82, 2.24) is 5.32 Å². The minimum absolute atomic E-state index is 0.219. The highest BCUT2D eigenvalue weighted by atomic mass is 16.3. The van der Waals surface area contributed by atoms with Crippen molar-refractivity contribution in [2.24, 2.45) is 0 Å². The lowest BCUT2D eigenvalue weighted by atomic mass is 10.0. The van der Waals surface area contributed by atoms with Crippen LogP contribution in [0.4, 0.5) is 0 Å². The van der Waals surface area contributed by atoms with Crippen molar-refractivity contribution in [3.8, 4) is 6.07 Å². The van der Waals surface area contributed by atoms with Gasteiger partial charge in [0.1, 0.15) is 0 Å². The number of benzene rings is 1. The third-order valence-electron chi connectivity index (χ3n) is 2.77. The van der Waals surface area contributed by atoms with Crippen LogP contribution in [-0.4, -0.2) is 17.3 Å². The molecule has 0 heterocycles. The maximum atomic E-state index is 9.30. The van der Waals surface area contributed by atoms with Crippen LogP contribution in [0.2, 0.25) is 0 Å². The fraction of sp³-hybridized carbons (Fsp3) is 0.500. The Balaban J connectivity index is 2.57. The van der Waals surface area contributed by atoms with Crippen LogP contribution in [0.5, 0.6) is 0 Å². The molecule has 0 amide bonds. The van der Waals surface area contributed by atoms with Gasteiger partial charge in [-0.15, -0.1) is 0 Å². The largest absolute Gasteiger partial charge is 0.393 e. The summed E-state index contributed by atoms with van der Waals surface area (Å²) in [7, 11) is 0. The Kier molecular flexibility index (Phi) is 5.14. The van der Waals surface area contributed by atoms with Crippen LogP contribution < -0.4 is 5.32 Å². The van der Waals surface area contributed by atoms with E-state index < -0.39 is 0 Å². The van der Waals surface area contributed by atoms with E-state index in [1.165, 1.54) is 0 Å². The number of rotatable bonds is 5. The van der Waals surface area contributed by atoms with Gasteiger partial charge in [-0.05, 0) is 44.9 Å². The summed E-state index contributed by atoms with van der Waals surface area (Å²) in [5.74, 6) is 0. The van der Waals surface area contributed by atoms with E-state index in [1.807, 2.05) is 24.3 Å². The molecule has 0 spiro atoms. The van der Waals surface area contributed by atoms with Crippen molar-refractivity contribution in [2.45, 2.75) is 45.4 Å². The van der Waals surface area contributed by atoms with Gasteiger partial charge in [-0.25, -0.2) is 0 Å². The molecule has 0 aliphatic rings. The van der Waals surface area contributed by atoms with Crippen molar-refractivity contribution >= 4 is 0 Å². The second kappa shape index (κ2) is 6.39. The number of nitrogens with zero attached hydrogens (tertiary/aromatic N) is 1. The van der Waals surface area contributed by atoms with E-state index in [1.54, 1.807) is 6.92 Å². The van der Waals surface area contributed by atoms with E-state index in [2.05, 4.69) is 25.2 Å². The molecule has 3 nitrogen and oxygen atoms in total. The zero-order chi connectivity index (χ0) is 12.8. The highest BCUT2D eigenvalue weighted by Crippen LogP contribution is 2.14. The third-order valence-corrected chi connectivity index (χ3v) is 2.77. The van der Waals surface area contributed by atoms with E-state index >= 15 is 0 Å². The molecule has 3 unspecified atom stereocenters. The minimum atomic E-state index is -0.286. The summed E-state index contributed by atoms with van der Waals surface area (Å²) in [6, 6.07) is 10.2. The molecule has 1 aromatic rings. The van der Waals surface area contributed by atoms with E-state index in [-0.39, 0.29) is 18.2 Å². The molecule has 0 fully saturated rings. The first-order chi connectivity index (χ1) is 8.02. The van der Waals surface area contributed by atoms with E-state index in [0.29, 0.717) is 5.56 Å². The van der Waals surface area contributed by atoms with Gasteiger partial charge in [0.05, 0.1) is 17.7 Å². The minimum Gasteiger partial charge on any atom is -0.393 e. The molecular weight excluding hydrogens is 212 g/mol. The number of aliphatic hydroxyl groups is 1. The molecule has 0 aliphatic heterocycles. The monoisotopic (exact) mass is 232 g/mol. The standard InChI is InChI=1S/C14H20N2O/c1-10(8-11(2)17)16-12(3)14-6-4-13(9-15)5-7-14/h4-7,10-12,16-17H,8H2,1-3H3. The molecule has 2 N–H and O–H groups in total. The quantitative estimate of drug-likeness (QED) is 0.819. The highest BCUT2D eigenvalue weighted by Gasteiger charge is 2.11. The zero-order valence-electron chi connectivity index (χ0n) is 10.6. The van der Waals surface area contributed by atoms with Crippen LogP contribution in [0.3, 0.4) is 0 Å². The fourth-order valence-corrected chi connectivity index (χ4v) is 1.95. The Bertz CT molecular complexity index is 378. The lowest BCUT2D eigenvalue weighted by Crippen LogP contribution is -2.31. The van der Waals surface area contributed by atoms with Crippen LogP contribution in [0.25, 0.3) is 0 Å². The smallest absolute Gasteiger partial charge is 0.0991 e. The van der Waals surface area contributed by atoms with E-state index in [0.717, 1.165) is 12.0 Å². The van der Waals surface area contributed by atoms with Crippen LogP contribution in [-0.2, 0) is 0 Å². The topological polar surface area (TPSA) is 56.0 Å². The van der Waals surface area contributed by atoms with Gasteiger partial charge < -0.3 is 10.4 Å². The van der Waals surface area contributed by atoms with E-state index in [4.69, 9.17) is 5.26 Å². The second-order valence-electron chi connectivity index (χ2n) is 4.61. The molecule has 0 aromatic heterocycles. The zero-order valence-corrected chi connectivity index (χ0v) is 10.6. The predicted octanol–water partition coefficient (Wildman–Crippen LogP) is 2.37. The summed E-state index contributed by atoms with van der Waals surface area (Å²) in [6.07, 6.45) is 0.450. The molecule has 1 rings (SSSR count). The summed E-state index contributed by atoms with van der Waals surface area (Å²) in [5.41, 5.74) is 1.83. The van der Waals surface area contributed by atoms with Crippen molar-refractivity contribution in [3.63, 3.8) is 0 Å². The lowest BCUT2D eigenvalue weighted by Gasteiger charge is -2.21. The van der Waals surface area contributed by atoms with Crippen LogP contribution >= 0.6 is 0 Å². The van der Waals surface area contributed by atoms with Crippen molar-refractivity contribution in [2.75, 3.05) is 0 Å². The average molecular weight is 232 g/mol. The summed E-state index contributed by atoms with van der Waals surface area (Å²) in [5, 5.41) is 21.4. The number of hydrogen-bond donors (Lipinski definition) is 2. The first-order valence-corrected chi connectivity index (χ1v) is 5.97. The Labute approximate surface area is 103 Å². The summed E-state index contributed by atoms with van der Waals surface area (Å²) >= 11 is 0. The van der Waals surface area contributed by atoms with Crippen LogP contribution in [0, 0.1) is 11.3 Å². The molecule has 0 aliphatic carbocycles. The Morgan fingerprint density at radius 2 is 1.82 bits per heavy atom. The molecule has 3 atom stereocenters. The lowest BCUT2D eigenvalue weighted by molar-refractivity contribution is 0.168. The molecule has 1 aromatic carbocycles. The van der Waals surface area contributed by atoms with Crippen molar-refractivity contribution < 1.29 is 5.11 Å². The van der Waals surface area contributed by atoms with Gasteiger partial charge in [0.25, 0.3) is 0 Å². The van der Waals surface area contributed by atoms with Crippen molar-refractivity contribution in [3.05, 3.63) is 35.4 Å². The summed E-state index contributed by atoms with van der Waals surface area (Å²) in [6.45, 7) is 5.94. The molecule has 92 valence electrons. The van der Waals surface area contributed by atoms with Gasteiger partial charge in [-0.2, -0.15) is 5.26 Å². The fourth-order valence-electron chi connectivity index (χ4n) is 1.95. The SMILES string of the molecule is CC(O)CC(C)NC(C)c1ccc(C#N)cc1. The van der Waals surface area contributed by atoms with Gasteiger partial charge in [0.2, 0.25) is 0 Å². The van der Waals surface area contributed by atoms with Crippen LogP contribution in [0.15, 0.2) is 24.3 Å². The number of nitrogens with one attached hydrogen (secondary N) is 1. The number of hydrogen-bond acceptors (Lipinski definition) is 3. The van der Waals surface area contributed by atoms with Gasteiger partial charge >= 0.3 is 0 Å².